The normalized spacial score (nSPS) is 31.4. The van der Waals surface area contributed by atoms with Crippen LogP contribution in [0, 0.1) is 17.3 Å². The zero-order chi connectivity index (χ0) is 12.7. The van der Waals surface area contributed by atoms with Gasteiger partial charge in [0.25, 0.3) is 0 Å². The lowest BCUT2D eigenvalue weighted by Gasteiger charge is -2.41. The molecule has 0 bridgehead atoms. The fraction of sp³-hybridized carbons (Fsp3) is 1.00. The Bertz CT molecular complexity index is 202. The fourth-order valence-electron chi connectivity index (χ4n) is 3.78. The van der Waals surface area contributed by atoms with Gasteiger partial charge in [0.15, 0.2) is 0 Å². The van der Waals surface area contributed by atoms with Gasteiger partial charge in [-0.2, -0.15) is 0 Å². The molecule has 0 aromatic heterocycles. The molecule has 17 heavy (non-hydrogen) atoms. The highest BCUT2D eigenvalue weighted by Crippen LogP contribution is 2.44. The van der Waals surface area contributed by atoms with Crippen molar-refractivity contribution < 1.29 is 0 Å². The first-order valence-electron chi connectivity index (χ1n) is 7.86. The average molecular weight is 239 g/mol. The van der Waals surface area contributed by atoms with E-state index in [1.807, 2.05) is 0 Å². The van der Waals surface area contributed by atoms with Crippen LogP contribution in [0.2, 0.25) is 0 Å². The van der Waals surface area contributed by atoms with Crippen LogP contribution in [0.1, 0.15) is 78.6 Å². The molecule has 0 aliphatic heterocycles. The number of unbranched alkanes of at least 4 members (excludes halogenated alkanes) is 1. The summed E-state index contributed by atoms with van der Waals surface area (Å²) in [6, 6.07) is 0. The molecule has 1 aliphatic carbocycles. The molecule has 0 heterocycles. The summed E-state index contributed by atoms with van der Waals surface area (Å²) in [5.74, 6) is 1.82. The molecule has 1 fully saturated rings. The average Bonchev–Trinajstić information content (AvgIpc) is 2.34. The first-order valence-corrected chi connectivity index (χ1v) is 7.86. The van der Waals surface area contributed by atoms with Crippen LogP contribution >= 0.6 is 0 Å². The van der Waals surface area contributed by atoms with Crippen LogP contribution in [-0.4, -0.2) is 6.54 Å². The van der Waals surface area contributed by atoms with E-state index < -0.39 is 0 Å². The van der Waals surface area contributed by atoms with Crippen LogP contribution in [0.25, 0.3) is 0 Å². The molecule has 1 aliphatic rings. The lowest BCUT2D eigenvalue weighted by atomic mass is 9.65. The van der Waals surface area contributed by atoms with Crippen molar-refractivity contribution in [3.63, 3.8) is 0 Å². The fourth-order valence-corrected chi connectivity index (χ4v) is 3.78. The summed E-state index contributed by atoms with van der Waals surface area (Å²) in [5, 5.41) is 0. The summed E-state index contributed by atoms with van der Waals surface area (Å²) in [7, 11) is 0. The standard InChI is InChI=1S/C16H33N/c1-4-6-9-15(5-2)12-16(13-17)10-7-8-14(3)11-16/h14-15H,4-13,17H2,1-3H3. The van der Waals surface area contributed by atoms with Crippen molar-refractivity contribution in [2.24, 2.45) is 23.0 Å². The summed E-state index contributed by atoms with van der Waals surface area (Å²) in [4.78, 5) is 0. The van der Waals surface area contributed by atoms with Gasteiger partial charge in [-0.15, -0.1) is 0 Å². The summed E-state index contributed by atoms with van der Waals surface area (Å²) >= 11 is 0. The van der Waals surface area contributed by atoms with Gasteiger partial charge in [0, 0.05) is 0 Å². The van der Waals surface area contributed by atoms with Crippen molar-refractivity contribution in [1.29, 1.82) is 0 Å². The van der Waals surface area contributed by atoms with E-state index in [9.17, 15) is 0 Å². The SMILES string of the molecule is CCCCC(CC)CC1(CN)CCCC(C)C1. The van der Waals surface area contributed by atoms with Crippen LogP contribution < -0.4 is 5.73 Å². The lowest BCUT2D eigenvalue weighted by molar-refractivity contribution is 0.112. The van der Waals surface area contributed by atoms with Gasteiger partial charge >= 0.3 is 0 Å². The third-order valence-electron chi connectivity index (χ3n) is 4.88. The quantitative estimate of drug-likeness (QED) is 0.682. The molecule has 102 valence electrons. The number of hydrogen-bond acceptors (Lipinski definition) is 1. The maximum atomic E-state index is 6.13. The smallest absolute Gasteiger partial charge is 0.00203 e. The molecule has 0 aromatic rings. The monoisotopic (exact) mass is 239 g/mol. The van der Waals surface area contributed by atoms with E-state index in [0.29, 0.717) is 5.41 Å². The van der Waals surface area contributed by atoms with Crippen LogP contribution in [-0.2, 0) is 0 Å². The van der Waals surface area contributed by atoms with E-state index in [4.69, 9.17) is 5.73 Å². The Labute approximate surface area is 109 Å². The summed E-state index contributed by atoms with van der Waals surface area (Å²) in [6.07, 6.45) is 12.5. The first-order chi connectivity index (χ1) is 8.15. The number of nitrogens with two attached hydrogens (primary N) is 1. The van der Waals surface area contributed by atoms with Crippen molar-refractivity contribution >= 4 is 0 Å². The Kier molecular flexibility index (Phi) is 6.54. The Balaban J connectivity index is 2.53. The zero-order valence-corrected chi connectivity index (χ0v) is 12.3. The Morgan fingerprint density at radius 2 is 2.12 bits per heavy atom. The zero-order valence-electron chi connectivity index (χ0n) is 12.3. The Morgan fingerprint density at radius 3 is 2.65 bits per heavy atom. The molecule has 0 saturated heterocycles. The van der Waals surface area contributed by atoms with Crippen LogP contribution in [0.4, 0.5) is 0 Å². The van der Waals surface area contributed by atoms with E-state index >= 15 is 0 Å². The van der Waals surface area contributed by atoms with Crippen molar-refractivity contribution in [2.75, 3.05) is 6.54 Å². The van der Waals surface area contributed by atoms with Gasteiger partial charge in [-0.05, 0) is 43.1 Å². The van der Waals surface area contributed by atoms with Gasteiger partial charge in [0.1, 0.15) is 0 Å². The first kappa shape index (κ1) is 15.0. The van der Waals surface area contributed by atoms with Crippen molar-refractivity contribution in [3.05, 3.63) is 0 Å². The molecule has 1 saturated carbocycles. The molecule has 1 heteroatoms. The second-order valence-electron chi connectivity index (χ2n) is 6.53. The van der Waals surface area contributed by atoms with Crippen molar-refractivity contribution in [1.82, 2.24) is 0 Å². The third-order valence-corrected chi connectivity index (χ3v) is 4.88. The van der Waals surface area contributed by atoms with Crippen LogP contribution in [0.15, 0.2) is 0 Å². The molecule has 0 amide bonds. The predicted molar refractivity (Wildman–Crippen MR) is 77.0 cm³/mol. The van der Waals surface area contributed by atoms with Crippen molar-refractivity contribution in [3.8, 4) is 0 Å². The topological polar surface area (TPSA) is 26.0 Å². The van der Waals surface area contributed by atoms with Gasteiger partial charge in [0.05, 0.1) is 0 Å². The minimum atomic E-state index is 0.492. The largest absolute Gasteiger partial charge is 0.330 e. The van der Waals surface area contributed by atoms with Gasteiger partial charge in [0.2, 0.25) is 0 Å². The van der Waals surface area contributed by atoms with Gasteiger partial charge < -0.3 is 5.73 Å². The maximum absolute atomic E-state index is 6.13. The van der Waals surface area contributed by atoms with E-state index in [0.717, 1.165) is 18.4 Å². The highest BCUT2D eigenvalue weighted by atomic mass is 14.6. The molecular weight excluding hydrogens is 206 g/mol. The molecule has 0 aromatic carbocycles. The van der Waals surface area contributed by atoms with Crippen molar-refractivity contribution in [2.45, 2.75) is 78.6 Å². The van der Waals surface area contributed by atoms with E-state index in [1.54, 1.807) is 0 Å². The highest BCUT2D eigenvalue weighted by molar-refractivity contribution is 4.88. The summed E-state index contributed by atoms with van der Waals surface area (Å²) in [5.41, 5.74) is 6.62. The molecule has 1 rings (SSSR count). The molecule has 0 spiro atoms. The van der Waals surface area contributed by atoms with E-state index in [-0.39, 0.29) is 0 Å². The second kappa shape index (κ2) is 7.41. The minimum absolute atomic E-state index is 0.492. The summed E-state index contributed by atoms with van der Waals surface area (Å²) < 4.78 is 0. The predicted octanol–water partition coefficient (Wildman–Crippen LogP) is 4.75. The number of rotatable bonds is 7. The van der Waals surface area contributed by atoms with Crippen LogP contribution in [0.5, 0.6) is 0 Å². The van der Waals surface area contributed by atoms with E-state index in [1.165, 1.54) is 57.8 Å². The summed E-state index contributed by atoms with van der Waals surface area (Å²) in [6.45, 7) is 7.99. The molecule has 0 radical (unpaired) electrons. The van der Waals surface area contributed by atoms with E-state index in [2.05, 4.69) is 20.8 Å². The third kappa shape index (κ3) is 4.62. The lowest BCUT2D eigenvalue weighted by Crippen LogP contribution is -2.37. The van der Waals surface area contributed by atoms with Gasteiger partial charge in [-0.1, -0.05) is 59.3 Å². The molecule has 3 unspecified atom stereocenters. The Morgan fingerprint density at radius 1 is 1.35 bits per heavy atom. The van der Waals surface area contributed by atoms with Crippen LogP contribution in [0.3, 0.4) is 0 Å². The molecular formula is C16H33N. The molecule has 2 N–H and O–H groups in total. The molecule has 3 atom stereocenters. The van der Waals surface area contributed by atoms with Gasteiger partial charge in [-0.3, -0.25) is 0 Å². The number of hydrogen-bond donors (Lipinski definition) is 1. The minimum Gasteiger partial charge on any atom is -0.330 e. The second-order valence-corrected chi connectivity index (χ2v) is 6.53. The maximum Gasteiger partial charge on any atom is -0.00203 e. The highest BCUT2D eigenvalue weighted by Gasteiger charge is 2.35. The Hall–Kier alpha value is -0.0400. The van der Waals surface area contributed by atoms with Gasteiger partial charge in [-0.25, -0.2) is 0 Å². The molecule has 1 nitrogen and oxygen atoms in total.